The molecule has 1 rings (SSSR count). The highest BCUT2D eigenvalue weighted by atomic mass is 32.2. The van der Waals surface area contributed by atoms with Crippen molar-refractivity contribution in [3.63, 3.8) is 0 Å². The van der Waals surface area contributed by atoms with Crippen molar-refractivity contribution in [2.24, 2.45) is 11.3 Å². The zero-order valence-electron chi connectivity index (χ0n) is 14.7. The number of nitrogens with zero attached hydrogens (tertiary/aromatic N) is 1. The third-order valence-corrected chi connectivity index (χ3v) is 4.71. The fraction of sp³-hybridized carbons (Fsp3) is 0.882. The summed E-state index contributed by atoms with van der Waals surface area (Å²) in [6.07, 6.45) is 3.39. The summed E-state index contributed by atoms with van der Waals surface area (Å²) in [5.41, 5.74) is 0.220. The molecule has 2 unspecified atom stereocenters. The molecule has 0 N–H and O–H groups in total. The number of unbranched alkanes of at least 4 members (excludes halogenated alkanes) is 1. The highest BCUT2D eigenvalue weighted by Gasteiger charge is 2.36. The molecule has 1 amide bonds. The molecule has 0 aromatic heterocycles. The smallest absolute Gasteiger partial charge is 0.329 e. The first-order valence-electron chi connectivity index (χ1n) is 8.28. The Bertz CT molecular complexity index is 379. The molecule has 1 aliphatic heterocycles. The quantitative estimate of drug-likeness (QED) is 0.528. The van der Waals surface area contributed by atoms with Crippen LogP contribution in [-0.4, -0.2) is 41.1 Å². The lowest BCUT2D eigenvalue weighted by molar-refractivity contribution is -0.153. The first-order chi connectivity index (χ1) is 10.2. The predicted octanol–water partition coefficient (Wildman–Crippen LogP) is 3.69. The van der Waals surface area contributed by atoms with E-state index < -0.39 is 6.04 Å². The van der Waals surface area contributed by atoms with Crippen molar-refractivity contribution >= 4 is 23.6 Å². The number of esters is 1. The summed E-state index contributed by atoms with van der Waals surface area (Å²) >= 11 is 1.63. The molecule has 0 aliphatic carbocycles. The summed E-state index contributed by atoms with van der Waals surface area (Å²) < 4.78 is 5.29. The summed E-state index contributed by atoms with van der Waals surface area (Å²) in [4.78, 5) is 26.3. The number of hydrogen-bond acceptors (Lipinski definition) is 4. The van der Waals surface area contributed by atoms with Gasteiger partial charge in [0.25, 0.3) is 0 Å². The van der Waals surface area contributed by atoms with Gasteiger partial charge in [-0.25, -0.2) is 4.79 Å². The number of ether oxygens (including phenoxy) is 1. The van der Waals surface area contributed by atoms with Crippen molar-refractivity contribution in [3.05, 3.63) is 0 Å². The lowest BCUT2D eigenvalue weighted by Crippen LogP contribution is -2.43. The average Bonchev–Trinajstić information content (AvgIpc) is 2.85. The molecule has 4 nitrogen and oxygen atoms in total. The van der Waals surface area contributed by atoms with Crippen molar-refractivity contribution in [1.82, 2.24) is 4.90 Å². The van der Waals surface area contributed by atoms with Crippen LogP contribution in [0.4, 0.5) is 0 Å². The molecule has 0 radical (unpaired) electrons. The van der Waals surface area contributed by atoms with E-state index in [0.29, 0.717) is 30.6 Å². The molecule has 22 heavy (non-hydrogen) atoms. The van der Waals surface area contributed by atoms with Crippen LogP contribution in [0.15, 0.2) is 0 Å². The van der Waals surface area contributed by atoms with Crippen LogP contribution < -0.4 is 0 Å². The molecule has 0 spiro atoms. The molecule has 2 atom stereocenters. The van der Waals surface area contributed by atoms with E-state index in [9.17, 15) is 9.59 Å². The molecular formula is C17H31NO3S. The summed E-state index contributed by atoms with van der Waals surface area (Å²) in [5, 5.41) is 0. The van der Waals surface area contributed by atoms with Gasteiger partial charge in [0.2, 0.25) is 5.91 Å². The van der Waals surface area contributed by atoms with Crippen LogP contribution in [-0.2, 0) is 14.3 Å². The second-order valence-electron chi connectivity index (χ2n) is 7.47. The van der Waals surface area contributed by atoms with Crippen molar-refractivity contribution < 1.29 is 14.3 Å². The molecule has 1 heterocycles. The number of rotatable bonds is 7. The molecule has 5 heteroatoms. The maximum absolute atomic E-state index is 12.5. The Morgan fingerprint density at radius 1 is 1.36 bits per heavy atom. The van der Waals surface area contributed by atoms with Gasteiger partial charge in [0.1, 0.15) is 6.04 Å². The third-order valence-electron chi connectivity index (χ3n) is 3.70. The fourth-order valence-electron chi connectivity index (χ4n) is 2.83. The van der Waals surface area contributed by atoms with E-state index in [-0.39, 0.29) is 17.3 Å². The van der Waals surface area contributed by atoms with E-state index in [1.54, 1.807) is 16.7 Å². The van der Waals surface area contributed by atoms with Crippen LogP contribution >= 0.6 is 11.8 Å². The molecule has 128 valence electrons. The maximum atomic E-state index is 12.5. The number of amides is 1. The molecule has 0 saturated carbocycles. The summed E-state index contributed by atoms with van der Waals surface area (Å²) in [5.74, 6) is 1.43. The monoisotopic (exact) mass is 329 g/mol. The summed E-state index contributed by atoms with van der Waals surface area (Å²) in [6.45, 7) is 11.2. The Kier molecular flexibility index (Phi) is 7.74. The minimum Gasteiger partial charge on any atom is -0.464 e. The third kappa shape index (κ3) is 6.59. The Labute approximate surface area is 139 Å². The zero-order valence-corrected chi connectivity index (χ0v) is 15.5. The van der Waals surface area contributed by atoms with Gasteiger partial charge in [0.15, 0.2) is 0 Å². The van der Waals surface area contributed by atoms with E-state index in [2.05, 4.69) is 34.6 Å². The Morgan fingerprint density at radius 3 is 2.64 bits per heavy atom. The summed E-state index contributed by atoms with van der Waals surface area (Å²) in [7, 11) is 0. The Balaban J connectivity index is 2.51. The lowest BCUT2D eigenvalue weighted by atomic mass is 9.84. The topological polar surface area (TPSA) is 46.6 Å². The van der Waals surface area contributed by atoms with Crippen molar-refractivity contribution in [3.8, 4) is 0 Å². The largest absolute Gasteiger partial charge is 0.464 e. The van der Waals surface area contributed by atoms with Crippen molar-refractivity contribution in [2.45, 2.75) is 66.3 Å². The van der Waals surface area contributed by atoms with Crippen LogP contribution in [0.5, 0.6) is 0 Å². The van der Waals surface area contributed by atoms with Crippen LogP contribution in [0.3, 0.4) is 0 Å². The Hall–Kier alpha value is -0.710. The number of carbonyl (C=O) groups excluding carboxylic acids is 2. The molecular weight excluding hydrogens is 298 g/mol. The number of carbonyl (C=O) groups is 2. The standard InChI is InChI=1S/C17H31NO3S/c1-6-7-8-21-16(20)14-11-22-12-18(14)15(19)9-13(2)10-17(3,4)5/h13-14H,6-12H2,1-5H3. The van der Waals surface area contributed by atoms with Crippen LogP contribution in [0, 0.1) is 11.3 Å². The van der Waals surface area contributed by atoms with Crippen molar-refractivity contribution in [1.29, 1.82) is 0 Å². The van der Waals surface area contributed by atoms with Crippen molar-refractivity contribution in [2.75, 3.05) is 18.2 Å². The van der Waals surface area contributed by atoms with Gasteiger partial charge in [0.05, 0.1) is 12.5 Å². The van der Waals surface area contributed by atoms with Crippen LogP contribution in [0.2, 0.25) is 0 Å². The van der Waals surface area contributed by atoms with E-state index in [4.69, 9.17) is 4.74 Å². The van der Waals surface area contributed by atoms with Gasteiger partial charge in [-0.15, -0.1) is 11.8 Å². The van der Waals surface area contributed by atoms with E-state index in [0.717, 1.165) is 19.3 Å². The van der Waals surface area contributed by atoms with Gasteiger partial charge in [-0.2, -0.15) is 0 Å². The minimum absolute atomic E-state index is 0.0826. The van der Waals surface area contributed by atoms with Gasteiger partial charge in [-0.3, -0.25) is 4.79 Å². The first kappa shape index (κ1) is 19.3. The highest BCUT2D eigenvalue weighted by Crippen LogP contribution is 2.28. The first-order valence-corrected chi connectivity index (χ1v) is 9.44. The minimum atomic E-state index is -0.392. The molecule has 1 saturated heterocycles. The lowest BCUT2D eigenvalue weighted by Gasteiger charge is -2.26. The number of thioether (sulfide) groups is 1. The van der Waals surface area contributed by atoms with Crippen LogP contribution in [0.1, 0.15) is 60.3 Å². The molecule has 0 aromatic rings. The fourth-order valence-corrected chi connectivity index (χ4v) is 4.00. The SMILES string of the molecule is CCCCOC(=O)C1CSCN1C(=O)CC(C)CC(C)(C)C. The van der Waals surface area contributed by atoms with Crippen LogP contribution in [0.25, 0.3) is 0 Å². The second-order valence-corrected chi connectivity index (χ2v) is 8.47. The van der Waals surface area contributed by atoms with Gasteiger partial charge < -0.3 is 9.64 Å². The summed E-state index contributed by atoms with van der Waals surface area (Å²) in [6, 6.07) is -0.392. The molecule has 0 bridgehead atoms. The normalized spacial score (nSPS) is 20.0. The Morgan fingerprint density at radius 2 is 2.05 bits per heavy atom. The average molecular weight is 330 g/mol. The molecule has 1 aliphatic rings. The molecule has 1 fully saturated rings. The van der Waals surface area contributed by atoms with Gasteiger partial charge in [-0.05, 0) is 24.2 Å². The second kappa shape index (κ2) is 8.80. The van der Waals surface area contributed by atoms with Gasteiger partial charge in [0, 0.05) is 12.2 Å². The zero-order chi connectivity index (χ0) is 16.8. The number of hydrogen-bond donors (Lipinski definition) is 0. The van der Waals surface area contributed by atoms with Gasteiger partial charge >= 0.3 is 5.97 Å². The highest BCUT2D eigenvalue weighted by molar-refractivity contribution is 7.99. The predicted molar refractivity (Wildman–Crippen MR) is 91.7 cm³/mol. The maximum Gasteiger partial charge on any atom is 0.329 e. The van der Waals surface area contributed by atoms with E-state index >= 15 is 0 Å². The van der Waals surface area contributed by atoms with E-state index in [1.165, 1.54) is 0 Å². The van der Waals surface area contributed by atoms with Gasteiger partial charge in [-0.1, -0.05) is 41.0 Å². The molecule has 0 aromatic carbocycles. The van der Waals surface area contributed by atoms with E-state index in [1.807, 2.05) is 0 Å².